The van der Waals surface area contributed by atoms with Crippen LogP contribution < -0.4 is 5.63 Å². The van der Waals surface area contributed by atoms with Crippen molar-refractivity contribution in [3.05, 3.63) is 57.1 Å². The monoisotopic (exact) mass is 285 g/mol. The molecule has 2 N–H and O–H groups in total. The second-order valence-electron chi connectivity index (χ2n) is 5.34. The van der Waals surface area contributed by atoms with Crippen LogP contribution in [0.1, 0.15) is 29.4 Å². The van der Waals surface area contributed by atoms with E-state index in [4.69, 9.17) is 4.42 Å². The van der Waals surface area contributed by atoms with Crippen LogP contribution in [0.4, 0.5) is 5.69 Å². The normalized spacial score (nSPS) is 20.3. The first kappa shape index (κ1) is 13.6. The minimum atomic E-state index is -1.45. The third kappa shape index (κ3) is 1.81. The van der Waals surface area contributed by atoms with Crippen LogP contribution in [0.3, 0.4) is 0 Å². The van der Waals surface area contributed by atoms with E-state index in [0.29, 0.717) is 22.6 Å². The molecule has 0 radical (unpaired) electrons. The first-order valence-electron chi connectivity index (χ1n) is 6.58. The van der Waals surface area contributed by atoms with E-state index in [9.17, 15) is 15.0 Å². The number of fused-ring (bicyclic) bond motifs is 1. The molecule has 0 unspecified atom stereocenters. The number of aliphatic hydroxyl groups is 1. The summed E-state index contributed by atoms with van der Waals surface area (Å²) in [5, 5.41) is 21.0. The summed E-state index contributed by atoms with van der Waals surface area (Å²) in [6, 6.07) is 7.07. The Morgan fingerprint density at radius 3 is 2.57 bits per heavy atom. The molecule has 5 heteroatoms. The van der Waals surface area contributed by atoms with Gasteiger partial charge >= 0.3 is 5.63 Å². The van der Waals surface area contributed by atoms with Gasteiger partial charge in [-0.3, -0.25) is 0 Å². The summed E-state index contributed by atoms with van der Waals surface area (Å²) in [6.45, 7) is 4.80. The number of nitrogens with zero attached hydrogens (tertiary/aromatic N) is 1. The van der Waals surface area contributed by atoms with E-state index in [-0.39, 0.29) is 17.0 Å². The maximum absolute atomic E-state index is 12.1. The molecule has 108 valence electrons. The van der Waals surface area contributed by atoms with Crippen LogP contribution in [-0.2, 0) is 5.60 Å². The Labute approximate surface area is 121 Å². The summed E-state index contributed by atoms with van der Waals surface area (Å²) in [7, 11) is 0. The highest BCUT2D eigenvalue weighted by Crippen LogP contribution is 2.41. The van der Waals surface area contributed by atoms with Gasteiger partial charge in [0.15, 0.2) is 0 Å². The molecular weight excluding hydrogens is 270 g/mol. The topological polar surface area (TPSA) is 83.0 Å². The first-order chi connectivity index (χ1) is 9.84. The Kier molecular flexibility index (Phi) is 2.78. The second kappa shape index (κ2) is 4.30. The van der Waals surface area contributed by atoms with E-state index in [0.717, 1.165) is 0 Å². The molecule has 2 heterocycles. The Morgan fingerprint density at radius 1 is 1.24 bits per heavy atom. The predicted molar refractivity (Wildman–Crippen MR) is 78.3 cm³/mol. The lowest BCUT2D eigenvalue weighted by Crippen LogP contribution is -2.33. The quantitative estimate of drug-likeness (QED) is 0.842. The molecule has 0 aliphatic carbocycles. The summed E-state index contributed by atoms with van der Waals surface area (Å²) in [5.74, 6) is 0.146. The Morgan fingerprint density at radius 2 is 1.90 bits per heavy atom. The van der Waals surface area contributed by atoms with Crippen molar-refractivity contribution in [1.29, 1.82) is 0 Å². The largest absolute Gasteiger partial charge is 0.507 e. The molecule has 1 aromatic heterocycles. The molecule has 0 amide bonds. The lowest BCUT2D eigenvalue weighted by Gasteiger charge is -2.21. The zero-order valence-electron chi connectivity index (χ0n) is 12.0. The predicted octanol–water partition coefficient (Wildman–Crippen LogP) is 2.30. The molecule has 2 aromatic rings. The molecule has 0 bridgehead atoms. The fourth-order valence-corrected chi connectivity index (χ4v) is 2.57. The van der Waals surface area contributed by atoms with Crippen molar-refractivity contribution < 1.29 is 14.6 Å². The van der Waals surface area contributed by atoms with Gasteiger partial charge in [-0.15, -0.1) is 0 Å². The molecule has 5 nitrogen and oxygen atoms in total. The lowest BCUT2D eigenvalue weighted by molar-refractivity contribution is 0.137. The fourth-order valence-electron chi connectivity index (χ4n) is 2.57. The fraction of sp³-hybridized carbons (Fsp3) is 0.250. The van der Waals surface area contributed by atoms with Crippen LogP contribution >= 0.6 is 0 Å². The Bertz CT molecular complexity index is 831. The average Bonchev–Trinajstić information content (AvgIpc) is 2.69. The van der Waals surface area contributed by atoms with E-state index in [1.807, 2.05) is 0 Å². The smallest absolute Gasteiger partial charge is 0.349 e. The van der Waals surface area contributed by atoms with Crippen molar-refractivity contribution in [3.63, 3.8) is 0 Å². The zero-order chi connectivity index (χ0) is 15.4. The van der Waals surface area contributed by atoms with Crippen molar-refractivity contribution >= 4 is 11.4 Å². The summed E-state index contributed by atoms with van der Waals surface area (Å²) >= 11 is 0. The molecule has 1 atom stereocenters. The minimum Gasteiger partial charge on any atom is -0.507 e. The average molecular weight is 285 g/mol. The molecule has 1 aromatic carbocycles. The van der Waals surface area contributed by atoms with Gasteiger partial charge in [-0.05, 0) is 26.8 Å². The molecule has 3 rings (SSSR count). The van der Waals surface area contributed by atoms with Crippen LogP contribution in [0, 0.1) is 13.8 Å². The van der Waals surface area contributed by atoms with Gasteiger partial charge in [0.1, 0.15) is 22.7 Å². The van der Waals surface area contributed by atoms with Gasteiger partial charge in [-0.1, -0.05) is 18.2 Å². The van der Waals surface area contributed by atoms with E-state index >= 15 is 0 Å². The highest BCUT2D eigenvalue weighted by Gasteiger charge is 2.41. The van der Waals surface area contributed by atoms with Crippen LogP contribution in [0.2, 0.25) is 0 Å². The van der Waals surface area contributed by atoms with E-state index in [1.54, 1.807) is 45.0 Å². The number of aryl methyl sites for hydroxylation is 1. The third-order valence-electron chi connectivity index (χ3n) is 3.93. The number of para-hydroxylation sites is 1. The lowest BCUT2D eigenvalue weighted by atomic mass is 9.88. The molecule has 1 aliphatic rings. The number of rotatable bonds is 1. The van der Waals surface area contributed by atoms with Crippen molar-refractivity contribution in [2.45, 2.75) is 26.4 Å². The van der Waals surface area contributed by atoms with Gasteiger partial charge in [0, 0.05) is 11.1 Å². The van der Waals surface area contributed by atoms with Crippen LogP contribution in [0.25, 0.3) is 0 Å². The Hall–Kier alpha value is -2.40. The van der Waals surface area contributed by atoms with Crippen LogP contribution in [0.15, 0.2) is 38.5 Å². The van der Waals surface area contributed by atoms with Gasteiger partial charge < -0.3 is 14.6 Å². The SMILES string of the molecule is Cc1oc(=O)c(C2=Nc3ccccc3[C@]2(C)O)c(O)c1C. The van der Waals surface area contributed by atoms with Crippen molar-refractivity contribution in [3.8, 4) is 5.75 Å². The molecule has 1 aliphatic heterocycles. The van der Waals surface area contributed by atoms with Gasteiger partial charge in [0.05, 0.1) is 11.4 Å². The molecule has 21 heavy (non-hydrogen) atoms. The summed E-state index contributed by atoms with van der Waals surface area (Å²) < 4.78 is 5.12. The van der Waals surface area contributed by atoms with Gasteiger partial charge in [0.25, 0.3) is 0 Å². The van der Waals surface area contributed by atoms with Crippen LogP contribution in [0.5, 0.6) is 5.75 Å². The maximum Gasteiger partial charge on any atom is 0.349 e. The van der Waals surface area contributed by atoms with Gasteiger partial charge in [-0.25, -0.2) is 9.79 Å². The summed E-state index contributed by atoms with van der Waals surface area (Å²) in [6.07, 6.45) is 0. The highest BCUT2D eigenvalue weighted by atomic mass is 16.4. The third-order valence-corrected chi connectivity index (χ3v) is 3.93. The standard InChI is InChI=1S/C16H15NO4/c1-8-9(2)21-15(19)12(13(8)18)14-16(3,20)10-6-4-5-7-11(10)17-14/h4-7,18,20H,1-3H3/t16-/m0/s1. The second-order valence-corrected chi connectivity index (χ2v) is 5.34. The number of benzene rings is 1. The van der Waals surface area contributed by atoms with E-state index in [2.05, 4.69) is 4.99 Å². The van der Waals surface area contributed by atoms with Crippen molar-refractivity contribution in [2.24, 2.45) is 4.99 Å². The number of hydrogen-bond acceptors (Lipinski definition) is 5. The van der Waals surface area contributed by atoms with Crippen molar-refractivity contribution in [2.75, 3.05) is 0 Å². The summed E-state index contributed by atoms with van der Waals surface area (Å²) in [4.78, 5) is 16.4. The molecule has 0 fully saturated rings. The van der Waals surface area contributed by atoms with Crippen molar-refractivity contribution in [1.82, 2.24) is 0 Å². The van der Waals surface area contributed by atoms with E-state index < -0.39 is 11.2 Å². The summed E-state index contributed by atoms with van der Waals surface area (Å²) in [5.41, 5.74) is -0.504. The minimum absolute atomic E-state index is 0.0840. The van der Waals surface area contributed by atoms with Gasteiger partial charge in [-0.2, -0.15) is 0 Å². The Balaban J connectivity index is 2.30. The number of aliphatic imine (C=N–C) groups is 1. The number of aromatic hydroxyl groups is 1. The highest BCUT2D eigenvalue weighted by molar-refractivity contribution is 6.12. The first-order valence-corrected chi connectivity index (χ1v) is 6.58. The molecule has 0 spiro atoms. The zero-order valence-corrected chi connectivity index (χ0v) is 12.0. The van der Waals surface area contributed by atoms with Crippen LogP contribution in [-0.4, -0.2) is 15.9 Å². The molecule has 0 saturated carbocycles. The molecular formula is C16H15NO4. The van der Waals surface area contributed by atoms with E-state index in [1.165, 1.54) is 0 Å². The number of hydrogen-bond donors (Lipinski definition) is 2. The van der Waals surface area contributed by atoms with Gasteiger partial charge in [0.2, 0.25) is 0 Å². The maximum atomic E-state index is 12.1. The molecule has 0 saturated heterocycles.